The smallest absolute Gasteiger partial charge is 0.194 e. The molecule has 22 heavy (non-hydrogen) atoms. The number of benzene rings is 1. The fraction of sp³-hybridized carbons (Fsp3) is 0.611. The number of hydrogen-bond acceptors (Lipinski definition) is 2. The summed E-state index contributed by atoms with van der Waals surface area (Å²) in [5.41, 5.74) is 0.608. The van der Waals surface area contributed by atoms with Crippen molar-refractivity contribution in [1.82, 2.24) is 10.2 Å². The number of hydrogen-bond donors (Lipinski definition) is 1. The first kappa shape index (κ1) is 15.2. The predicted octanol–water partition coefficient (Wildman–Crippen LogP) is 2.91. The SMILES string of the molecule is CCNC(=NCCOc1ccccc1)N1CCC2(CCC2)C1. The van der Waals surface area contributed by atoms with Crippen LogP contribution in [0.3, 0.4) is 0 Å². The Bertz CT molecular complexity index is 496. The molecule has 1 saturated carbocycles. The third-order valence-electron chi connectivity index (χ3n) is 4.85. The lowest BCUT2D eigenvalue weighted by Gasteiger charge is -2.38. The van der Waals surface area contributed by atoms with Crippen LogP contribution in [0.4, 0.5) is 0 Å². The van der Waals surface area contributed by atoms with Crippen molar-refractivity contribution in [1.29, 1.82) is 0 Å². The molecule has 1 aliphatic heterocycles. The molecule has 1 N–H and O–H groups in total. The van der Waals surface area contributed by atoms with Crippen LogP contribution in [0.15, 0.2) is 35.3 Å². The van der Waals surface area contributed by atoms with Gasteiger partial charge >= 0.3 is 0 Å². The standard InChI is InChI=1S/C18H27N3O/c1-2-19-17(21-13-11-18(15-21)9-6-10-18)20-12-14-22-16-7-4-3-5-8-16/h3-5,7-8H,2,6,9-15H2,1H3,(H,19,20). The molecular formula is C18H27N3O. The lowest BCUT2D eigenvalue weighted by atomic mass is 9.68. The molecular weight excluding hydrogens is 274 g/mol. The van der Waals surface area contributed by atoms with Crippen molar-refractivity contribution >= 4 is 5.96 Å². The van der Waals surface area contributed by atoms with Crippen molar-refractivity contribution in [3.05, 3.63) is 30.3 Å². The van der Waals surface area contributed by atoms with Crippen LogP contribution in [0, 0.1) is 5.41 Å². The van der Waals surface area contributed by atoms with Gasteiger partial charge in [-0.2, -0.15) is 0 Å². The molecule has 1 saturated heterocycles. The first-order chi connectivity index (χ1) is 10.8. The largest absolute Gasteiger partial charge is 0.492 e. The zero-order valence-electron chi connectivity index (χ0n) is 13.6. The number of nitrogens with zero attached hydrogens (tertiary/aromatic N) is 2. The van der Waals surface area contributed by atoms with Crippen molar-refractivity contribution in [2.75, 3.05) is 32.8 Å². The zero-order valence-corrected chi connectivity index (χ0v) is 13.6. The van der Waals surface area contributed by atoms with Crippen LogP contribution in [0.25, 0.3) is 0 Å². The van der Waals surface area contributed by atoms with E-state index < -0.39 is 0 Å². The van der Waals surface area contributed by atoms with Crippen LogP contribution >= 0.6 is 0 Å². The molecule has 1 aromatic carbocycles. The van der Waals surface area contributed by atoms with E-state index in [0.717, 1.165) is 24.8 Å². The number of likely N-dealkylation sites (tertiary alicyclic amines) is 1. The summed E-state index contributed by atoms with van der Waals surface area (Å²) < 4.78 is 5.72. The molecule has 0 aromatic heterocycles. The zero-order chi connectivity index (χ0) is 15.3. The Hall–Kier alpha value is -1.71. The van der Waals surface area contributed by atoms with E-state index in [1.54, 1.807) is 0 Å². The second kappa shape index (κ2) is 7.03. The van der Waals surface area contributed by atoms with E-state index in [0.29, 0.717) is 18.6 Å². The first-order valence-electron chi connectivity index (χ1n) is 8.52. The summed E-state index contributed by atoms with van der Waals surface area (Å²) in [5.74, 6) is 1.97. The molecule has 1 aliphatic carbocycles. The van der Waals surface area contributed by atoms with Crippen molar-refractivity contribution in [2.45, 2.75) is 32.6 Å². The molecule has 0 unspecified atom stereocenters. The molecule has 120 valence electrons. The van der Waals surface area contributed by atoms with Crippen LogP contribution in [0.1, 0.15) is 32.6 Å². The number of rotatable bonds is 5. The molecule has 0 bridgehead atoms. The van der Waals surface area contributed by atoms with Gasteiger partial charge < -0.3 is 15.0 Å². The Balaban J connectivity index is 1.50. The third-order valence-corrected chi connectivity index (χ3v) is 4.85. The van der Waals surface area contributed by atoms with Gasteiger partial charge in [0, 0.05) is 19.6 Å². The summed E-state index contributed by atoms with van der Waals surface area (Å²) >= 11 is 0. The van der Waals surface area contributed by atoms with E-state index in [-0.39, 0.29) is 0 Å². The van der Waals surface area contributed by atoms with Crippen LogP contribution in [-0.4, -0.2) is 43.6 Å². The maximum Gasteiger partial charge on any atom is 0.194 e. The lowest BCUT2D eigenvalue weighted by molar-refractivity contribution is 0.151. The minimum atomic E-state index is 0.608. The summed E-state index contributed by atoms with van der Waals surface area (Å²) in [4.78, 5) is 7.18. The Morgan fingerprint density at radius 1 is 1.27 bits per heavy atom. The van der Waals surface area contributed by atoms with Crippen LogP contribution in [0.5, 0.6) is 5.75 Å². The number of aliphatic imine (C=N–C) groups is 1. The molecule has 4 nitrogen and oxygen atoms in total. The fourth-order valence-electron chi connectivity index (χ4n) is 3.46. The number of para-hydroxylation sites is 1. The topological polar surface area (TPSA) is 36.9 Å². The monoisotopic (exact) mass is 301 g/mol. The average Bonchev–Trinajstić information content (AvgIpc) is 2.97. The van der Waals surface area contributed by atoms with E-state index in [1.807, 2.05) is 30.3 Å². The van der Waals surface area contributed by atoms with Gasteiger partial charge in [-0.3, -0.25) is 0 Å². The first-order valence-corrected chi connectivity index (χ1v) is 8.52. The molecule has 0 radical (unpaired) electrons. The highest BCUT2D eigenvalue weighted by molar-refractivity contribution is 5.80. The highest BCUT2D eigenvalue weighted by atomic mass is 16.5. The average molecular weight is 301 g/mol. The van der Waals surface area contributed by atoms with E-state index in [4.69, 9.17) is 9.73 Å². The van der Waals surface area contributed by atoms with Gasteiger partial charge in [-0.25, -0.2) is 4.99 Å². The number of ether oxygens (including phenoxy) is 1. The molecule has 2 aliphatic rings. The summed E-state index contributed by atoms with van der Waals surface area (Å²) in [5, 5.41) is 3.43. The number of guanidine groups is 1. The Labute approximate surface area is 133 Å². The quantitative estimate of drug-likeness (QED) is 0.516. The van der Waals surface area contributed by atoms with Crippen molar-refractivity contribution in [3.8, 4) is 5.75 Å². The predicted molar refractivity (Wildman–Crippen MR) is 90.4 cm³/mol. The summed E-state index contributed by atoms with van der Waals surface area (Å²) in [6, 6.07) is 9.94. The summed E-state index contributed by atoms with van der Waals surface area (Å²) in [6.07, 6.45) is 5.55. The minimum absolute atomic E-state index is 0.608. The molecule has 1 aromatic rings. The van der Waals surface area contributed by atoms with Crippen LogP contribution in [0.2, 0.25) is 0 Å². The van der Waals surface area contributed by atoms with Gasteiger partial charge in [0.15, 0.2) is 5.96 Å². The molecule has 0 atom stereocenters. The van der Waals surface area contributed by atoms with Crippen molar-refractivity contribution < 1.29 is 4.74 Å². The maximum absolute atomic E-state index is 5.72. The molecule has 1 spiro atoms. The van der Waals surface area contributed by atoms with Crippen LogP contribution < -0.4 is 10.1 Å². The van der Waals surface area contributed by atoms with Crippen molar-refractivity contribution in [2.24, 2.45) is 10.4 Å². The second-order valence-corrected chi connectivity index (χ2v) is 6.42. The van der Waals surface area contributed by atoms with Gasteiger partial charge in [-0.05, 0) is 43.7 Å². The molecule has 0 amide bonds. The van der Waals surface area contributed by atoms with Gasteiger partial charge in [-0.15, -0.1) is 0 Å². The molecule has 2 fully saturated rings. The highest BCUT2D eigenvalue weighted by Gasteiger charge is 2.43. The van der Waals surface area contributed by atoms with Gasteiger partial charge in [-0.1, -0.05) is 24.6 Å². The fourth-order valence-corrected chi connectivity index (χ4v) is 3.46. The Kier molecular flexibility index (Phi) is 4.86. The van der Waals surface area contributed by atoms with E-state index in [9.17, 15) is 0 Å². The minimum Gasteiger partial charge on any atom is -0.492 e. The van der Waals surface area contributed by atoms with E-state index in [1.165, 1.54) is 32.2 Å². The van der Waals surface area contributed by atoms with Crippen molar-refractivity contribution in [3.63, 3.8) is 0 Å². The van der Waals surface area contributed by atoms with E-state index in [2.05, 4.69) is 17.1 Å². The van der Waals surface area contributed by atoms with E-state index >= 15 is 0 Å². The maximum atomic E-state index is 5.72. The summed E-state index contributed by atoms with van der Waals surface area (Å²) in [6.45, 7) is 6.69. The number of nitrogens with one attached hydrogen (secondary N) is 1. The van der Waals surface area contributed by atoms with Gasteiger partial charge in [0.05, 0.1) is 6.54 Å². The van der Waals surface area contributed by atoms with Gasteiger partial charge in [0.1, 0.15) is 12.4 Å². The van der Waals surface area contributed by atoms with Gasteiger partial charge in [0.25, 0.3) is 0 Å². The highest BCUT2D eigenvalue weighted by Crippen LogP contribution is 2.47. The molecule has 1 heterocycles. The van der Waals surface area contributed by atoms with Crippen LogP contribution in [-0.2, 0) is 0 Å². The molecule has 4 heteroatoms. The third kappa shape index (κ3) is 3.54. The van der Waals surface area contributed by atoms with Gasteiger partial charge in [0.2, 0.25) is 0 Å². The normalized spacial score (nSPS) is 20.0. The Morgan fingerprint density at radius 3 is 2.73 bits per heavy atom. The summed E-state index contributed by atoms with van der Waals surface area (Å²) in [7, 11) is 0. The lowest BCUT2D eigenvalue weighted by Crippen LogP contribution is -2.42. The Morgan fingerprint density at radius 2 is 2.09 bits per heavy atom. The molecule has 3 rings (SSSR count). The second-order valence-electron chi connectivity index (χ2n) is 6.42.